The molecule has 16 heavy (non-hydrogen) atoms. The molecule has 0 N–H and O–H groups in total. The molecule has 80 valence electrons. The zero-order valence-electron chi connectivity index (χ0n) is 9.30. The largest absolute Gasteiger partial charge is 0.264 e. The van der Waals surface area contributed by atoms with Gasteiger partial charge in [-0.3, -0.25) is 9.98 Å². The second-order valence-corrected chi connectivity index (χ2v) is 3.64. The van der Waals surface area contributed by atoms with E-state index in [-0.39, 0.29) is 0 Å². The van der Waals surface area contributed by atoms with Gasteiger partial charge in [-0.1, -0.05) is 30.4 Å². The molecule has 0 amide bonds. The van der Waals surface area contributed by atoms with E-state index in [2.05, 4.69) is 16.1 Å². The van der Waals surface area contributed by atoms with Gasteiger partial charge in [0, 0.05) is 24.5 Å². The number of nitrogens with zero attached hydrogens (tertiary/aromatic N) is 2. The van der Waals surface area contributed by atoms with Crippen molar-refractivity contribution in [3.05, 3.63) is 60.5 Å². The van der Waals surface area contributed by atoms with Gasteiger partial charge in [0.1, 0.15) is 0 Å². The predicted molar refractivity (Wildman–Crippen MR) is 68.1 cm³/mol. The first-order valence-corrected chi connectivity index (χ1v) is 5.34. The third kappa shape index (κ3) is 2.76. The lowest BCUT2D eigenvalue weighted by Gasteiger charge is -2.02. The fourth-order valence-corrected chi connectivity index (χ4v) is 1.46. The molecular weight excluding hydrogens is 196 g/mol. The van der Waals surface area contributed by atoms with Gasteiger partial charge in [0.15, 0.2) is 0 Å². The van der Waals surface area contributed by atoms with Crippen molar-refractivity contribution in [2.24, 2.45) is 4.99 Å². The summed E-state index contributed by atoms with van der Waals surface area (Å²) in [7, 11) is 0. The minimum atomic E-state index is 0.864. The molecule has 1 aromatic rings. The average Bonchev–Trinajstić information content (AvgIpc) is 2.24. The Hall–Kier alpha value is -1.96. The molecule has 2 heteroatoms. The molecule has 0 radical (unpaired) electrons. The molecule has 2 nitrogen and oxygen atoms in total. The highest BCUT2D eigenvalue weighted by atomic mass is 14.8. The third-order valence-corrected chi connectivity index (χ3v) is 2.34. The number of aryl methyl sites for hydroxylation is 1. The van der Waals surface area contributed by atoms with E-state index >= 15 is 0 Å². The van der Waals surface area contributed by atoms with Crippen molar-refractivity contribution in [1.82, 2.24) is 4.98 Å². The Morgan fingerprint density at radius 3 is 2.94 bits per heavy atom. The number of hydrogen-bond donors (Lipinski definition) is 0. The Balaban J connectivity index is 2.30. The van der Waals surface area contributed by atoms with Crippen LogP contribution in [0.4, 0.5) is 5.69 Å². The van der Waals surface area contributed by atoms with Crippen LogP contribution in [0, 0.1) is 6.92 Å². The number of rotatable bonds is 1. The van der Waals surface area contributed by atoms with Gasteiger partial charge in [-0.2, -0.15) is 0 Å². The van der Waals surface area contributed by atoms with E-state index in [1.165, 1.54) is 0 Å². The Morgan fingerprint density at radius 2 is 2.06 bits per heavy atom. The van der Waals surface area contributed by atoms with Crippen molar-refractivity contribution in [3.8, 4) is 0 Å². The topological polar surface area (TPSA) is 25.2 Å². The molecule has 0 spiro atoms. The van der Waals surface area contributed by atoms with E-state index in [0.717, 1.165) is 23.4 Å². The SMILES string of the molecule is Cc1cnccc1N=C1C=CC=CC=CC1. The lowest BCUT2D eigenvalue weighted by Crippen LogP contribution is -1.92. The van der Waals surface area contributed by atoms with Crippen LogP contribution in [-0.2, 0) is 0 Å². The van der Waals surface area contributed by atoms with E-state index < -0.39 is 0 Å². The molecule has 1 heterocycles. The molecule has 1 aromatic heterocycles. The summed E-state index contributed by atoms with van der Waals surface area (Å²) in [5.41, 5.74) is 3.16. The highest BCUT2D eigenvalue weighted by molar-refractivity contribution is 5.98. The zero-order valence-corrected chi connectivity index (χ0v) is 9.30. The zero-order chi connectivity index (χ0) is 11.2. The first-order valence-electron chi connectivity index (χ1n) is 5.34. The molecule has 0 unspecified atom stereocenters. The number of pyridine rings is 1. The lowest BCUT2D eigenvalue weighted by atomic mass is 10.2. The molecule has 0 saturated heterocycles. The Morgan fingerprint density at radius 1 is 1.19 bits per heavy atom. The van der Waals surface area contributed by atoms with Crippen LogP contribution >= 0.6 is 0 Å². The Kier molecular flexibility index (Phi) is 3.44. The van der Waals surface area contributed by atoms with E-state index in [1.807, 2.05) is 49.6 Å². The summed E-state index contributed by atoms with van der Waals surface area (Å²) in [5.74, 6) is 0. The van der Waals surface area contributed by atoms with Crippen molar-refractivity contribution in [2.45, 2.75) is 13.3 Å². The summed E-state index contributed by atoms with van der Waals surface area (Å²) >= 11 is 0. The average molecular weight is 210 g/mol. The predicted octanol–water partition coefficient (Wildman–Crippen LogP) is 3.53. The highest BCUT2D eigenvalue weighted by Gasteiger charge is 1.97. The van der Waals surface area contributed by atoms with Gasteiger partial charge in [0.2, 0.25) is 0 Å². The monoisotopic (exact) mass is 210 g/mol. The van der Waals surface area contributed by atoms with Crippen LogP contribution < -0.4 is 0 Å². The summed E-state index contributed by atoms with van der Waals surface area (Å²) in [6.45, 7) is 2.02. The van der Waals surface area contributed by atoms with Gasteiger partial charge in [0.25, 0.3) is 0 Å². The molecule has 2 rings (SSSR count). The Labute approximate surface area is 95.8 Å². The summed E-state index contributed by atoms with van der Waals surface area (Å²) in [6.07, 6.45) is 16.7. The van der Waals surface area contributed by atoms with E-state index in [4.69, 9.17) is 0 Å². The van der Waals surface area contributed by atoms with E-state index in [0.29, 0.717) is 0 Å². The van der Waals surface area contributed by atoms with E-state index in [9.17, 15) is 0 Å². The number of hydrogen-bond acceptors (Lipinski definition) is 2. The van der Waals surface area contributed by atoms with Gasteiger partial charge in [-0.25, -0.2) is 0 Å². The van der Waals surface area contributed by atoms with Gasteiger partial charge < -0.3 is 0 Å². The molecular formula is C14H14N2. The minimum absolute atomic E-state index is 0.864. The number of aliphatic imine (C=N–C) groups is 1. The first kappa shape index (κ1) is 10.6. The number of aromatic nitrogens is 1. The summed E-state index contributed by atoms with van der Waals surface area (Å²) in [5, 5.41) is 0. The van der Waals surface area contributed by atoms with Crippen LogP contribution in [0.15, 0.2) is 59.9 Å². The van der Waals surface area contributed by atoms with Crippen LogP contribution in [0.5, 0.6) is 0 Å². The summed E-state index contributed by atoms with van der Waals surface area (Å²) in [4.78, 5) is 8.68. The van der Waals surface area contributed by atoms with E-state index in [1.54, 1.807) is 6.20 Å². The molecule has 0 atom stereocenters. The second-order valence-electron chi connectivity index (χ2n) is 3.64. The first-order chi connectivity index (χ1) is 7.86. The smallest absolute Gasteiger partial charge is 0.0692 e. The van der Waals surface area contributed by atoms with Crippen molar-refractivity contribution < 1.29 is 0 Å². The van der Waals surface area contributed by atoms with Crippen molar-refractivity contribution in [2.75, 3.05) is 0 Å². The maximum atomic E-state index is 4.62. The lowest BCUT2D eigenvalue weighted by molar-refractivity contribution is 1.25. The van der Waals surface area contributed by atoms with Crippen molar-refractivity contribution >= 4 is 11.4 Å². The molecule has 0 bridgehead atoms. The fourth-order valence-electron chi connectivity index (χ4n) is 1.46. The Bertz CT molecular complexity index is 479. The van der Waals surface area contributed by atoms with Crippen molar-refractivity contribution in [1.29, 1.82) is 0 Å². The van der Waals surface area contributed by atoms with Crippen LogP contribution in [0.3, 0.4) is 0 Å². The van der Waals surface area contributed by atoms with Crippen LogP contribution in [0.2, 0.25) is 0 Å². The molecule has 0 aromatic carbocycles. The maximum Gasteiger partial charge on any atom is 0.0692 e. The third-order valence-electron chi connectivity index (χ3n) is 2.34. The summed E-state index contributed by atoms with van der Waals surface area (Å²) < 4.78 is 0. The highest BCUT2D eigenvalue weighted by Crippen LogP contribution is 2.17. The van der Waals surface area contributed by atoms with Gasteiger partial charge in [0.05, 0.1) is 5.69 Å². The quantitative estimate of drug-likeness (QED) is 0.696. The molecule has 1 aliphatic rings. The van der Waals surface area contributed by atoms with Crippen LogP contribution in [0.1, 0.15) is 12.0 Å². The molecule has 0 fully saturated rings. The standard InChI is InChI=1S/C14H14N2/c1-12-11-15-10-9-14(12)16-13-7-5-3-2-4-6-8-13/h2-7,9-11H,8H2,1H3. The van der Waals surface area contributed by atoms with Gasteiger partial charge in [-0.05, 0) is 24.6 Å². The minimum Gasteiger partial charge on any atom is -0.264 e. The summed E-state index contributed by atoms with van der Waals surface area (Å²) in [6, 6.07) is 1.94. The molecule has 1 aliphatic carbocycles. The van der Waals surface area contributed by atoms with Crippen molar-refractivity contribution in [3.63, 3.8) is 0 Å². The van der Waals surface area contributed by atoms with Gasteiger partial charge in [-0.15, -0.1) is 0 Å². The fraction of sp³-hybridized carbons (Fsp3) is 0.143. The van der Waals surface area contributed by atoms with Crippen LogP contribution in [-0.4, -0.2) is 10.7 Å². The maximum absolute atomic E-state index is 4.62. The van der Waals surface area contributed by atoms with Gasteiger partial charge >= 0.3 is 0 Å². The number of allylic oxidation sites excluding steroid dienone is 6. The second kappa shape index (κ2) is 5.21. The molecule has 0 saturated carbocycles. The van der Waals surface area contributed by atoms with Crippen LogP contribution in [0.25, 0.3) is 0 Å². The molecule has 0 aliphatic heterocycles. The normalized spacial score (nSPS) is 17.4.